The minimum absolute atomic E-state index is 0.0838. The van der Waals surface area contributed by atoms with E-state index in [1.165, 1.54) is 26.1 Å². The van der Waals surface area contributed by atoms with Crippen LogP contribution >= 0.6 is 0 Å². The number of benzene rings is 5. The zero-order valence-electron chi connectivity index (χ0n) is 110. The molecular weight excluding hydrogens is 1730 g/mol. The molecule has 2 unspecified atom stereocenters. The summed E-state index contributed by atoms with van der Waals surface area (Å²) < 4.78 is 229. The molecule has 0 saturated heterocycles. The van der Waals surface area contributed by atoms with Crippen LogP contribution in [0.3, 0.4) is 0 Å². The molecule has 0 amide bonds. The average molecular weight is 1900 g/mol. The molecule has 726 valence electrons. The van der Waals surface area contributed by atoms with Gasteiger partial charge in [-0.2, -0.15) is 0 Å². The number of fused-ring (bicyclic) bond motifs is 15. The normalized spacial score (nSPS) is 16.2. The van der Waals surface area contributed by atoms with Gasteiger partial charge in [0.1, 0.15) is 35.2 Å². The van der Waals surface area contributed by atoms with Gasteiger partial charge in [-0.05, 0) is 251 Å². The zero-order chi connectivity index (χ0) is 122. The largest absolute Gasteiger partial charge is 0.437 e. The van der Waals surface area contributed by atoms with Crippen molar-refractivity contribution in [2.45, 2.75) is 267 Å². The van der Waals surface area contributed by atoms with E-state index >= 15 is 0 Å². The second-order valence-electron chi connectivity index (χ2n) is 39.8. The third-order valence-corrected chi connectivity index (χ3v) is 26.8. The van der Waals surface area contributed by atoms with Crippen molar-refractivity contribution in [1.29, 1.82) is 0 Å². The second kappa shape index (κ2) is 40.3. The maximum Gasteiger partial charge on any atom is 0.227 e. The lowest BCUT2D eigenvalue weighted by Crippen LogP contribution is -2.32. The van der Waals surface area contributed by atoms with Gasteiger partial charge < -0.3 is 22.1 Å². The highest BCUT2D eigenvalue weighted by Crippen LogP contribution is 2.45. The van der Waals surface area contributed by atoms with E-state index in [9.17, 15) is 0 Å². The van der Waals surface area contributed by atoms with Gasteiger partial charge in [0, 0.05) is 172 Å². The van der Waals surface area contributed by atoms with Gasteiger partial charge in [-0.25, -0.2) is 47.8 Å². The van der Waals surface area contributed by atoms with Gasteiger partial charge in [0.15, 0.2) is 58.9 Å². The molecule has 0 N–H and O–H groups in total. The van der Waals surface area contributed by atoms with Crippen molar-refractivity contribution in [3.63, 3.8) is 0 Å². The minimum Gasteiger partial charge on any atom is -0.437 e. The molecule has 20 aromatic rings. The number of furan rings is 5. The fourth-order valence-electron chi connectivity index (χ4n) is 19.1. The molecule has 15 heterocycles. The fourth-order valence-corrected chi connectivity index (χ4v) is 19.1. The van der Waals surface area contributed by atoms with E-state index in [2.05, 4.69) is 91.4 Å². The van der Waals surface area contributed by atoms with E-state index in [0.717, 1.165) is 166 Å². The summed E-state index contributed by atoms with van der Waals surface area (Å²) in [5.74, 6) is -9.91. The Morgan fingerprint density at radius 2 is 0.475 bits per heavy atom. The van der Waals surface area contributed by atoms with Crippen LogP contribution in [0.1, 0.15) is 335 Å². The van der Waals surface area contributed by atoms with Crippen LogP contribution in [0.2, 0.25) is 0 Å². The van der Waals surface area contributed by atoms with Crippen LogP contribution in [-0.4, -0.2) is 24.9 Å². The van der Waals surface area contributed by atoms with E-state index in [1.54, 1.807) is 102 Å². The highest BCUT2D eigenvalue weighted by molar-refractivity contribution is 6.13. The summed E-state index contributed by atoms with van der Waals surface area (Å²) in [6.07, 6.45) is 7.28. The smallest absolute Gasteiger partial charge is 0.227 e. The maximum absolute atomic E-state index is 8.68. The first-order valence-corrected chi connectivity index (χ1v) is 48.1. The highest BCUT2D eigenvalue weighted by Gasteiger charge is 2.32. The van der Waals surface area contributed by atoms with Crippen LogP contribution in [0.4, 0.5) is 0 Å². The lowest BCUT2D eigenvalue weighted by molar-refractivity contribution is -0.661. The van der Waals surface area contributed by atoms with Crippen molar-refractivity contribution in [2.24, 2.45) is 41.2 Å². The molecule has 0 bridgehead atoms. The first-order valence-electron chi connectivity index (χ1n) is 59.6. The predicted octanol–water partition coefficient (Wildman–Crippen LogP) is 31.8. The van der Waals surface area contributed by atoms with Crippen LogP contribution in [0, 0.1) is 75.0 Å². The Balaban J connectivity index is 0.000000144. The Bertz CT molecular complexity index is 9400. The molecule has 5 aromatic carbocycles. The van der Waals surface area contributed by atoms with Crippen molar-refractivity contribution in [3.05, 3.63) is 295 Å². The van der Waals surface area contributed by atoms with Gasteiger partial charge in [-0.1, -0.05) is 199 Å². The number of aryl methyl sites for hydroxylation is 15. The number of hydrogen-bond acceptors (Lipinski definition) is 10. The highest BCUT2D eigenvalue weighted by atomic mass is 16.4. The van der Waals surface area contributed by atoms with Crippen LogP contribution in [0.25, 0.3) is 167 Å². The van der Waals surface area contributed by atoms with E-state index in [0.29, 0.717) is 96.2 Å². The quantitative estimate of drug-likeness (QED) is 0.0856. The molecule has 0 fully saturated rings. The summed E-state index contributed by atoms with van der Waals surface area (Å²) in [7, 11) is 9.37. The Hall–Kier alpha value is -13.4. The number of pyridine rings is 10. The molecule has 0 aliphatic carbocycles. The summed E-state index contributed by atoms with van der Waals surface area (Å²) >= 11 is 0. The van der Waals surface area contributed by atoms with Gasteiger partial charge >= 0.3 is 0 Å². The van der Waals surface area contributed by atoms with Crippen molar-refractivity contribution >= 4 is 110 Å². The number of aromatic nitrogens is 10. The lowest BCUT2D eigenvalue weighted by atomic mass is 9.94. The zero-order valence-corrected chi connectivity index (χ0v) is 87.4. The average Bonchev–Trinajstić information content (AvgIpc) is 1.68. The van der Waals surface area contributed by atoms with Crippen LogP contribution < -0.4 is 22.8 Å². The first kappa shape index (κ1) is 74.6. The van der Waals surface area contributed by atoms with Crippen LogP contribution in [0.5, 0.6) is 0 Å². The number of rotatable bonds is 16. The standard InChI is InChI=1S/C26H31N2O.4C25H29N2O/c1-15(2)12-19-9-11-21-20-10-8-17(5)24(25(20)29-26(21)27-19)23-13-18(6)22(16(3)4)14-28(23)7;2*1-14(2)20-12-22(27(7)13-17(20)6)23-16(5)8-9-18-19-10-11-21(15(3)4)26-25(19)28-24(18)23;2*1-14(2)20-13-27(7)22(12-17(20)6)23-16(5)8-9-18-19-10-11-21(15(3)4)26-25(19)28-24(18)23/h8-11,13-16H,12H2,1-7H3;4*8-15H,1-7H3/q5*+1/i12D2,16D;1D3,6D3,14D,15D;6D3,14D,15D;1D3,14D,15D;14D,15D. The van der Waals surface area contributed by atoms with E-state index in [4.69, 9.17) is 53.6 Å². The molecule has 0 aliphatic rings. The van der Waals surface area contributed by atoms with Gasteiger partial charge in [0.05, 0.1) is 27.8 Å². The maximum atomic E-state index is 8.68. The van der Waals surface area contributed by atoms with Gasteiger partial charge in [0.25, 0.3) is 0 Å². The molecule has 0 aliphatic heterocycles. The number of nitrogens with zero attached hydrogens (tertiary/aromatic N) is 10. The van der Waals surface area contributed by atoms with Crippen molar-refractivity contribution in [3.8, 4) is 56.3 Å². The molecule has 141 heavy (non-hydrogen) atoms. The lowest BCUT2D eigenvalue weighted by Gasteiger charge is -2.12. The molecular formula is C126H147N10O5+5. The molecule has 0 spiro atoms. The molecule has 15 aromatic heterocycles. The summed E-state index contributed by atoms with van der Waals surface area (Å²) in [6.45, 7) is 37.6. The van der Waals surface area contributed by atoms with Gasteiger partial charge in [-0.15, -0.1) is 0 Å². The summed E-state index contributed by atoms with van der Waals surface area (Å²) in [4.78, 5) is 23.0. The van der Waals surface area contributed by atoms with Crippen LogP contribution in [-0.2, 0) is 41.6 Å². The van der Waals surface area contributed by atoms with E-state index in [-0.39, 0.29) is 22.6 Å². The van der Waals surface area contributed by atoms with Crippen molar-refractivity contribution < 1.29 is 76.4 Å². The molecule has 0 radical (unpaired) electrons. The predicted molar refractivity (Wildman–Crippen MR) is 583 cm³/mol. The third-order valence-electron chi connectivity index (χ3n) is 26.8. The van der Waals surface area contributed by atoms with E-state index in [1.807, 2.05) is 226 Å². The molecule has 20 rings (SSSR count). The molecule has 2 atom stereocenters. The summed E-state index contributed by atoms with van der Waals surface area (Å²) in [5, 5.41) is 8.98. The van der Waals surface area contributed by atoms with E-state index < -0.39 is 86.8 Å². The SMILES string of the molecule is [2H]C(C)(C)c1c[n+](C)c(-c2c(C)ccc3c2oc2nc(C([2H])([2H])C(C)C)ccc23)cc1C.[2H]C(C)(C)c1ccc2c(n1)oc1c(-c3cc(C)c(C([2H])(C)C([2H])([2H])[2H])c[n+]3C)c(C)ccc12.[2H]C(C)(C)c1ccc2c(n1)oc1c(-c3cc(C)c(C([2H])(C)C)c[n+]3C)c(C)ccc12.[2H]C([2H])([2H])c1c[n+](C)c(-c2c(C)ccc3c2oc2nc(C([2H])(C)C)ccc23)cc1C([2H])(C)C.[2H]C([2H])([2H])c1c[n+](C)c(-c2c(C)ccc3c2oc2nc(C([2H])(C)C)ccc23)cc1C([2H])(C)C([2H])([2H])[2H]. The summed E-state index contributed by atoms with van der Waals surface area (Å²) in [5.41, 5.74) is 28.0. The topological polar surface area (TPSA) is 150 Å². The fraction of sp³-hybridized carbons (Fsp3) is 0.365. The summed E-state index contributed by atoms with van der Waals surface area (Å²) in [6, 6.07) is 48.6. The number of hydrogen-bond donors (Lipinski definition) is 0. The Kier molecular flexibility index (Phi) is 21.3. The first-order chi connectivity index (χ1) is 75.2. The molecule has 0 saturated carbocycles. The van der Waals surface area contributed by atoms with Gasteiger partial charge in [-0.3, -0.25) is 0 Å². The van der Waals surface area contributed by atoms with Gasteiger partial charge in [0.2, 0.25) is 57.0 Å². The Labute approximate surface area is 866 Å². The monoisotopic (exact) mass is 1900 g/mol. The molecule has 15 nitrogen and oxygen atoms in total. The molecule has 15 heteroatoms. The second-order valence-corrected chi connectivity index (χ2v) is 39.8. The minimum atomic E-state index is -2.76. The Morgan fingerprint density at radius 3 is 0.723 bits per heavy atom. The Morgan fingerprint density at radius 1 is 0.248 bits per heavy atom. The van der Waals surface area contributed by atoms with Crippen molar-refractivity contribution in [2.75, 3.05) is 0 Å². The van der Waals surface area contributed by atoms with Crippen LogP contribution in [0.15, 0.2) is 205 Å². The third kappa shape index (κ3) is 19.6. The van der Waals surface area contributed by atoms with Crippen molar-refractivity contribution in [1.82, 2.24) is 24.9 Å².